The van der Waals surface area contributed by atoms with Crippen LogP contribution in [0.15, 0.2) is 36.4 Å². The van der Waals surface area contributed by atoms with Gasteiger partial charge in [-0.2, -0.15) is 0 Å². The molecule has 0 aromatic heterocycles. The van der Waals surface area contributed by atoms with Crippen molar-refractivity contribution in [2.45, 2.75) is 12.5 Å². The van der Waals surface area contributed by atoms with Crippen molar-refractivity contribution >= 4 is 17.4 Å². The van der Waals surface area contributed by atoms with Crippen molar-refractivity contribution in [1.29, 1.82) is 0 Å². The molecule has 2 aromatic carbocycles. The van der Waals surface area contributed by atoms with E-state index in [2.05, 4.69) is 0 Å². The first-order chi connectivity index (χ1) is 9.54. The van der Waals surface area contributed by atoms with Crippen LogP contribution in [0.4, 0.5) is 8.78 Å². The summed E-state index contributed by atoms with van der Waals surface area (Å²) in [5, 5.41) is 0.274. The molecule has 0 N–H and O–H groups in total. The van der Waals surface area contributed by atoms with Gasteiger partial charge in [0.2, 0.25) is 0 Å². The summed E-state index contributed by atoms with van der Waals surface area (Å²) in [6, 6.07) is 7.91. The summed E-state index contributed by atoms with van der Waals surface area (Å²) in [7, 11) is 0. The molecule has 1 atom stereocenters. The van der Waals surface area contributed by atoms with Gasteiger partial charge in [0.15, 0.2) is 5.78 Å². The van der Waals surface area contributed by atoms with E-state index in [1.54, 1.807) is 0 Å². The fourth-order valence-corrected chi connectivity index (χ4v) is 2.39. The highest BCUT2D eigenvalue weighted by molar-refractivity contribution is 6.30. The monoisotopic (exact) mass is 294 g/mol. The molecule has 0 radical (unpaired) electrons. The maximum atomic E-state index is 13.9. The Labute approximate surface area is 118 Å². The van der Waals surface area contributed by atoms with Crippen LogP contribution in [-0.4, -0.2) is 5.78 Å². The van der Waals surface area contributed by atoms with Gasteiger partial charge in [-0.1, -0.05) is 17.7 Å². The van der Waals surface area contributed by atoms with Crippen LogP contribution >= 0.6 is 11.6 Å². The molecular formula is C15H9ClF2O2. The molecule has 0 fully saturated rings. The summed E-state index contributed by atoms with van der Waals surface area (Å²) in [6.07, 6.45) is -0.757. The fourth-order valence-electron chi connectivity index (χ4n) is 2.23. The van der Waals surface area contributed by atoms with E-state index in [0.29, 0.717) is 0 Å². The van der Waals surface area contributed by atoms with E-state index in [1.165, 1.54) is 30.3 Å². The minimum atomic E-state index is -0.724. The van der Waals surface area contributed by atoms with Crippen LogP contribution in [0.1, 0.15) is 28.4 Å². The van der Waals surface area contributed by atoms with Gasteiger partial charge in [-0.3, -0.25) is 4.79 Å². The molecule has 2 nitrogen and oxygen atoms in total. The number of ketones is 1. The Kier molecular flexibility index (Phi) is 3.18. The lowest BCUT2D eigenvalue weighted by atomic mass is 9.96. The molecule has 20 heavy (non-hydrogen) atoms. The third kappa shape index (κ3) is 2.27. The minimum absolute atomic E-state index is 0.0327. The lowest BCUT2D eigenvalue weighted by Gasteiger charge is -2.25. The number of rotatable bonds is 1. The van der Waals surface area contributed by atoms with Crippen LogP contribution in [0.25, 0.3) is 0 Å². The molecule has 102 valence electrons. The Morgan fingerprint density at radius 3 is 2.70 bits per heavy atom. The van der Waals surface area contributed by atoms with E-state index in [-0.39, 0.29) is 34.1 Å². The maximum absolute atomic E-state index is 13.9. The first-order valence-corrected chi connectivity index (χ1v) is 6.37. The van der Waals surface area contributed by atoms with Crippen LogP contribution in [0, 0.1) is 11.6 Å². The zero-order valence-electron chi connectivity index (χ0n) is 10.2. The molecule has 0 amide bonds. The Morgan fingerprint density at radius 2 is 1.95 bits per heavy atom. The molecule has 1 aliphatic rings. The van der Waals surface area contributed by atoms with Gasteiger partial charge < -0.3 is 4.74 Å². The molecule has 0 aliphatic carbocycles. The number of carbonyl (C=O) groups is 1. The summed E-state index contributed by atoms with van der Waals surface area (Å²) in [5.41, 5.74) is 0.452. The Hall–Kier alpha value is -1.94. The average molecular weight is 295 g/mol. The molecule has 0 saturated carbocycles. The summed E-state index contributed by atoms with van der Waals surface area (Å²) in [6.45, 7) is 0. The molecule has 3 rings (SSSR count). The Bertz CT molecular complexity index is 700. The highest BCUT2D eigenvalue weighted by atomic mass is 35.5. The average Bonchev–Trinajstić information content (AvgIpc) is 2.39. The number of carbonyl (C=O) groups excluding carboxylic acids is 1. The molecule has 0 spiro atoms. The number of halogens is 3. The number of Topliss-reactive ketones (excluding diaryl/α,β-unsaturated/α-hetero) is 1. The van der Waals surface area contributed by atoms with Crippen molar-refractivity contribution in [3.8, 4) is 5.75 Å². The normalized spacial score (nSPS) is 17.6. The second-order valence-corrected chi connectivity index (χ2v) is 4.98. The zero-order valence-corrected chi connectivity index (χ0v) is 11.0. The van der Waals surface area contributed by atoms with Crippen molar-refractivity contribution in [3.63, 3.8) is 0 Å². The minimum Gasteiger partial charge on any atom is -0.484 e. The van der Waals surface area contributed by atoms with E-state index >= 15 is 0 Å². The van der Waals surface area contributed by atoms with Crippen LogP contribution < -0.4 is 4.74 Å². The predicted molar refractivity (Wildman–Crippen MR) is 70.1 cm³/mol. The summed E-state index contributed by atoms with van der Waals surface area (Å²) in [5.74, 6) is -1.04. The smallest absolute Gasteiger partial charge is 0.170 e. The highest BCUT2D eigenvalue weighted by Crippen LogP contribution is 2.36. The number of ether oxygens (including phenoxy) is 1. The van der Waals surface area contributed by atoms with Crippen molar-refractivity contribution in [3.05, 3.63) is 64.2 Å². The summed E-state index contributed by atoms with van der Waals surface area (Å²) < 4.78 is 32.6. The van der Waals surface area contributed by atoms with E-state index < -0.39 is 17.7 Å². The second kappa shape index (κ2) is 4.87. The first kappa shape index (κ1) is 13.1. The largest absolute Gasteiger partial charge is 0.484 e. The first-order valence-electron chi connectivity index (χ1n) is 5.99. The number of hydrogen-bond donors (Lipinski definition) is 0. The standard InChI is InChI=1S/C15H9ClF2O2/c16-8-1-3-10(12(18)5-8)15-7-13(19)11-6-9(17)2-4-14(11)20-15/h1-6,15H,7H2. The molecule has 0 saturated heterocycles. The zero-order chi connectivity index (χ0) is 14.3. The molecule has 5 heteroatoms. The van der Waals surface area contributed by atoms with Crippen LogP contribution in [0.3, 0.4) is 0 Å². The molecular weight excluding hydrogens is 286 g/mol. The molecule has 1 unspecified atom stereocenters. The third-order valence-electron chi connectivity index (χ3n) is 3.19. The topological polar surface area (TPSA) is 26.3 Å². The van der Waals surface area contributed by atoms with E-state index in [0.717, 1.165) is 6.07 Å². The van der Waals surface area contributed by atoms with Crippen molar-refractivity contribution < 1.29 is 18.3 Å². The maximum Gasteiger partial charge on any atom is 0.170 e. The number of benzene rings is 2. The molecule has 0 bridgehead atoms. The highest BCUT2D eigenvalue weighted by Gasteiger charge is 2.29. The van der Waals surface area contributed by atoms with Crippen LogP contribution in [0.5, 0.6) is 5.75 Å². The summed E-state index contributed by atoms with van der Waals surface area (Å²) in [4.78, 5) is 12.0. The van der Waals surface area contributed by atoms with Gasteiger partial charge in [-0.15, -0.1) is 0 Å². The lowest BCUT2D eigenvalue weighted by molar-refractivity contribution is 0.0845. The van der Waals surface area contributed by atoms with E-state index in [4.69, 9.17) is 16.3 Å². The van der Waals surface area contributed by atoms with Gasteiger partial charge in [-0.05, 0) is 30.3 Å². The Morgan fingerprint density at radius 1 is 1.15 bits per heavy atom. The Balaban J connectivity index is 1.99. The van der Waals surface area contributed by atoms with Crippen molar-refractivity contribution in [2.75, 3.05) is 0 Å². The second-order valence-electron chi connectivity index (χ2n) is 4.54. The quantitative estimate of drug-likeness (QED) is 0.783. The molecule has 1 aliphatic heterocycles. The van der Waals surface area contributed by atoms with Gasteiger partial charge in [0.25, 0.3) is 0 Å². The van der Waals surface area contributed by atoms with E-state index in [9.17, 15) is 13.6 Å². The molecule has 1 heterocycles. The third-order valence-corrected chi connectivity index (χ3v) is 3.43. The van der Waals surface area contributed by atoms with Gasteiger partial charge in [0, 0.05) is 10.6 Å². The SMILES string of the molecule is O=C1CC(c2ccc(Cl)cc2F)Oc2ccc(F)cc21. The molecule has 2 aromatic rings. The summed E-state index contributed by atoms with van der Waals surface area (Å²) >= 11 is 5.69. The van der Waals surface area contributed by atoms with Crippen molar-refractivity contribution in [1.82, 2.24) is 0 Å². The lowest BCUT2D eigenvalue weighted by Crippen LogP contribution is -2.21. The van der Waals surface area contributed by atoms with Gasteiger partial charge in [0.1, 0.15) is 23.5 Å². The van der Waals surface area contributed by atoms with Gasteiger partial charge in [-0.25, -0.2) is 8.78 Å². The number of fused-ring (bicyclic) bond motifs is 1. The van der Waals surface area contributed by atoms with Crippen LogP contribution in [0.2, 0.25) is 5.02 Å². The predicted octanol–water partition coefficient (Wildman–Crippen LogP) is 4.32. The number of hydrogen-bond acceptors (Lipinski definition) is 2. The van der Waals surface area contributed by atoms with Crippen molar-refractivity contribution in [2.24, 2.45) is 0 Å². The fraction of sp³-hybridized carbons (Fsp3) is 0.133. The van der Waals surface area contributed by atoms with Gasteiger partial charge in [0.05, 0.1) is 12.0 Å². The van der Waals surface area contributed by atoms with E-state index in [1.807, 2.05) is 0 Å². The van der Waals surface area contributed by atoms with Crippen LogP contribution in [-0.2, 0) is 0 Å². The van der Waals surface area contributed by atoms with Gasteiger partial charge >= 0.3 is 0 Å².